The third-order valence-corrected chi connectivity index (χ3v) is 4.07. The highest BCUT2D eigenvalue weighted by molar-refractivity contribution is 5.87. The summed E-state index contributed by atoms with van der Waals surface area (Å²) in [6, 6.07) is 17.4. The Kier molecular flexibility index (Phi) is 7.81. The second-order valence-electron chi connectivity index (χ2n) is 8.86. The van der Waals surface area contributed by atoms with Crippen molar-refractivity contribution >= 4 is 18.1 Å². The summed E-state index contributed by atoms with van der Waals surface area (Å²) < 4.78 is 10.6. The second-order valence-corrected chi connectivity index (χ2v) is 8.86. The Morgan fingerprint density at radius 3 is 2.27 bits per heavy atom. The van der Waals surface area contributed by atoms with Crippen LogP contribution in [-0.4, -0.2) is 23.2 Å². The molecule has 0 unspecified atom stereocenters. The van der Waals surface area contributed by atoms with Crippen LogP contribution < -0.4 is 5.32 Å². The van der Waals surface area contributed by atoms with E-state index in [2.05, 4.69) is 5.32 Å². The van der Waals surface area contributed by atoms with Gasteiger partial charge in [0.05, 0.1) is 0 Å². The summed E-state index contributed by atoms with van der Waals surface area (Å²) in [5, 5.41) is 2.91. The van der Waals surface area contributed by atoms with Gasteiger partial charge in [-0.15, -0.1) is 0 Å². The molecule has 0 atom stereocenters. The van der Waals surface area contributed by atoms with Gasteiger partial charge in [0.2, 0.25) is 0 Å². The lowest BCUT2D eigenvalue weighted by Crippen LogP contribution is -2.47. The Morgan fingerprint density at radius 1 is 0.933 bits per heavy atom. The molecule has 2 aromatic rings. The molecule has 5 nitrogen and oxygen atoms in total. The number of benzene rings is 2. The van der Waals surface area contributed by atoms with Crippen LogP contribution in [0.15, 0.2) is 60.7 Å². The van der Waals surface area contributed by atoms with Crippen LogP contribution in [0.3, 0.4) is 0 Å². The molecule has 0 saturated heterocycles. The van der Waals surface area contributed by atoms with Crippen molar-refractivity contribution in [2.24, 2.45) is 0 Å². The number of carbonyl (C=O) groups excluding carboxylic acids is 2. The van der Waals surface area contributed by atoms with Gasteiger partial charge in [0.25, 0.3) is 0 Å². The fraction of sp³-hybridized carbons (Fsp3) is 0.360. The van der Waals surface area contributed by atoms with Gasteiger partial charge in [0.15, 0.2) is 0 Å². The van der Waals surface area contributed by atoms with Gasteiger partial charge < -0.3 is 14.8 Å². The van der Waals surface area contributed by atoms with E-state index in [1.807, 2.05) is 89.2 Å². The smallest absolute Gasteiger partial charge is 0.408 e. The van der Waals surface area contributed by atoms with E-state index in [9.17, 15) is 9.59 Å². The molecule has 1 amide bonds. The number of nitrogens with one attached hydrogen (secondary N) is 1. The second kappa shape index (κ2) is 10.1. The van der Waals surface area contributed by atoms with Crippen LogP contribution in [0.2, 0.25) is 0 Å². The van der Waals surface area contributed by atoms with Crippen molar-refractivity contribution < 1.29 is 19.1 Å². The zero-order chi connectivity index (χ0) is 22.2. The Balaban J connectivity index is 1.92. The van der Waals surface area contributed by atoms with Gasteiger partial charge in [-0.3, -0.25) is 0 Å². The first kappa shape index (κ1) is 23.2. The molecule has 0 aliphatic carbocycles. The lowest BCUT2D eigenvalue weighted by atomic mass is 9.94. The molecule has 0 aromatic heterocycles. The van der Waals surface area contributed by atoms with Gasteiger partial charge in [-0.25, -0.2) is 9.59 Å². The van der Waals surface area contributed by atoms with Crippen LogP contribution in [0.25, 0.3) is 6.08 Å². The number of carbonyl (C=O) groups is 2. The third-order valence-electron chi connectivity index (χ3n) is 4.07. The van der Waals surface area contributed by atoms with Gasteiger partial charge in [-0.05, 0) is 63.8 Å². The van der Waals surface area contributed by atoms with E-state index in [0.717, 1.165) is 16.7 Å². The van der Waals surface area contributed by atoms with Crippen molar-refractivity contribution in [3.8, 4) is 0 Å². The number of amides is 1. The summed E-state index contributed by atoms with van der Waals surface area (Å²) in [7, 11) is 0. The molecule has 30 heavy (non-hydrogen) atoms. The normalized spacial score (nSPS) is 11.9. The molecule has 0 spiro atoms. The summed E-state index contributed by atoms with van der Waals surface area (Å²) in [6.45, 7) is 9.64. The average Bonchev–Trinajstić information content (AvgIpc) is 2.63. The maximum absolute atomic E-state index is 12.1. The van der Waals surface area contributed by atoms with Crippen molar-refractivity contribution in [2.45, 2.75) is 58.8 Å². The minimum Gasteiger partial charge on any atom is -0.458 e. The highest BCUT2D eigenvalue weighted by Gasteiger charge is 2.24. The summed E-state index contributed by atoms with van der Waals surface area (Å²) in [5.41, 5.74) is 1.84. The first-order valence-corrected chi connectivity index (χ1v) is 10.0. The minimum absolute atomic E-state index is 0.245. The molecular weight excluding hydrogens is 378 g/mol. The molecule has 0 heterocycles. The number of ether oxygens (including phenoxy) is 2. The topological polar surface area (TPSA) is 64.6 Å². The molecule has 1 N–H and O–H groups in total. The van der Waals surface area contributed by atoms with E-state index in [1.165, 1.54) is 6.08 Å². The molecule has 0 radical (unpaired) electrons. The Morgan fingerprint density at radius 2 is 1.60 bits per heavy atom. The van der Waals surface area contributed by atoms with Crippen LogP contribution in [0, 0.1) is 0 Å². The zero-order valence-corrected chi connectivity index (χ0v) is 18.4. The van der Waals surface area contributed by atoms with Gasteiger partial charge in [-0.2, -0.15) is 0 Å². The highest BCUT2D eigenvalue weighted by atomic mass is 16.6. The molecular formula is C25H31NO4. The van der Waals surface area contributed by atoms with Crippen LogP contribution in [0.4, 0.5) is 4.79 Å². The fourth-order valence-corrected chi connectivity index (χ4v) is 2.88. The number of alkyl carbamates (subject to hydrolysis) is 1. The van der Waals surface area contributed by atoms with Crippen molar-refractivity contribution in [1.82, 2.24) is 5.32 Å². The number of hydrogen-bond donors (Lipinski definition) is 1. The summed E-state index contributed by atoms with van der Waals surface area (Å²) in [4.78, 5) is 24.0. The monoisotopic (exact) mass is 409 g/mol. The third kappa shape index (κ3) is 8.95. The van der Waals surface area contributed by atoms with Gasteiger partial charge >= 0.3 is 12.1 Å². The van der Waals surface area contributed by atoms with E-state index in [1.54, 1.807) is 6.08 Å². The van der Waals surface area contributed by atoms with E-state index in [-0.39, 0.29) is 6.61 Å². The SMILES string of the molecule is CC(C)(Cc1cccc(/C=C/C(=O)OCc2ccccc2)c1)NC(=O)OC(C)(C)C. The lowest BCUT2D eigenvalue weighted by Gasteiger charge is -2.28. The molecule has 0 aliphatic rings. The van der Waals surface area contributed by atoms with Gasteiger partial charge in [0, 0.05) is 11.6 Å². The minimum atomic E-state index is -0.542. The molecule has 0 aliphatic heterocycles. The molecule has 2 rings (SSSR count). The van der Waals surface area contributed by atoms with E-state index in [0.29, 0.717) is 6.42 Å². The number of hydrogen-bond acceptors (Lipinski definition) is 4. The van der Waals surface area contributed by atoms with E-state index < -0.39 is 23.2 Å². The maximum atomic E-state index is 12.1. The van der Waals surface area contributed by atoms with Gasteiger partial charge in [-0.1, -0.05) is 54.6 Å². The Bertz CT molecular complexity index is 880. The fourth-order valence-electron chi connectivity index (χ4n) is 2.88. The zero-order valence-electron chi connectivity index (χ0n) is 18.4. The first-order chi connectivity index (χ1) is 14.0. The van der Waals surface area contributed by atoms with Crippen LogP contribution >= 0.6 is 0 Å². The quantitative estimate of drug-likeness (QED) is 0.498. The predicted molar refractivity (Wildman–Crippen MR) is 119 cm³/mol. The van der Waals surface area contributed by atoms with Crippen molar-refractivity contribution in [2.75, 3.05) is 0 Å². The Labute approximate surface area is 179 Å². The van der Waals surface area contributed by atoms with Crippen LogP contribution in [-0.2, 0) is 27.3 Å². The highest BCUT2D eigenvalue weighted by Crippen LogP contribution is 2.17. The lowest BCUT2D eigenvalue weighted by molar-refractivity contribution is -0.138. The Hall–Kier alpha value is -3.08. The van der Waals surface area contributed by atoms with E-state index >= 15 is 0 Å². The van der Waals surface area contributed by atoms with E-state index in [4.69, 9.17) is 9.47 Å². The summed E-state index contributed by atoms with van der Waals surface area (Å²) in [5.74, 6) is -0.392. The summed E-state index contributed by atoms with van der Waals surface area (Å²) in [6.07, 6.45) is 3.33. The predicted octanol–water partition coefficient (Wildman–Crippen LogP) is 5.29. The van der Waals surface area contributed by atoms with Crippen LogP contribution in [0.5, 0.6) is 0 Å². The summed E-state index contributed by atoms with van der Waals surface area (Å²) >= 11 is 0. The van der Waals surface area contributed by atoms with Crippen molar-refractivity contribution in [3.05, 3.63) is 77.4 Å². The van der Waals surface area contributed by atoms with Crippen molar-refractivity contribution in [1.29, 1.82) is 0 Å². The average molecular weight is 410 g/mol. The molecule has 0 fully saturated rings. The van der Waals surface area contributed by atoms with Crippen LogP contribution in [0.1, 0.15) is 51.3 Å². The first-order valence-electron chi connectivity index (χ1n) is 10.0. The maximum Gasteiger partial charge on any atom is 0.408 e. The standard InChI is InChI=1S/C25H31NO4/c1-24(2,3)30-23(28)26-25(4,5)17-21-13-9-12-19(16-21)14-15-22(27)29-18-20-10-7-6-8-11-20/h6-16H,17-18H2,1-5H3,(H,26,28)/b15-14+. The number of esters is 1. The molecule has 2 aromatic carbocycles. The molecule has 0 saturated carbocycles. The van der Waals surface area contributed by atoms with Gasteiger partial charge in [0.1, 0.15) is 12.2 Å². The van der Waals surface area contributed by atoms with Crippen molar-refractivity contribution in [3.63, 3.8) is 0 Å². The largest absolute Gasteiger partial charge is 0.458 e. The molecule has 0 bridgehead atoms. The molecule has 160 valence electrons. The number of rotatable bonds is 7. The molecule has 5 heteroatoms.